The number of alkyl halides is 3. The van der Waals surface area contributed by atoms with E-state index in [4.69, 9.17) is 4.74 Å². The molecule has 0 spiro atoms. The Kier molecular flexibility index (Phi) is 5.01. The summed E-state index contributed by atoms with van der Waals surface area (Å²) in [6.45, 7) is 1.89. The predicted molar refractivity (Wildman–Crippen MR) is 85.3 cm³/mol. The van der Waals surface area contributed by atoms with Gasteiger partial charge in [-0.05, 0) is 30.7 Å². The van der Waals surface area contributed by atoms with Crippen LogP contribution in [0, 0.1) is 6.92 Å². The number of pyridine rings is 2. The zero-order valence-electron chi connectivity index (χ0n) is 13.8. The van der Waals surface area contributed by atoms with Gasteiger partial charge in [0.25, 0.3) is 0 Å². The van der Waals surface area contributed by atoms with Crippen molar-refractivity contribution in [1.82, 2.24) is 20.1 Å². The number of halogens is 3. The zero-order valence-corrected chi connectivity index (χ0v) is 13.8. The van der Waals surface area contributed by atoms with E-state index in [-0.39, 0.29) is 23.8 Å². The smallest absolute Gasteiger partial charge is 0.444 e. The molecule has 8 nitrogen and oxygen atoms in total. The van der Waals surface area contributed by atoms with Crippen molar-refractivity contribution in [3.8, 4) is 11.4 Å². The van der Waals surface area contributed by atoms with Crippen LogP contribution in [0.25, 0.3) is 11.4 Å². The summed E-state index contributed by atoms with van der Waals surface area (Å²) in [4.78, 5) is 22.9. The summed E-state index contributed by atoms with van der Waals surface area (Å²) in [7, 11) is 0. The van der Waals surface area contributed by atoms with Crippen molar-refractivity contribution >= 4 is 11.9 Å². The van der Waals surface area contributed by atoms with E-state index in [0.717, 1.165) is 11.1 Å². The first-order valence-electron chi connectivity index (χ1n) is 7.53. The fourth-order valence-electron chi connectivity index (χ4n) is 2.04. The third-order valence-electron chi connectivity index (χ3n) is 3.22. The fourth-order valence-corrected chi connectivity index (χ4v) is 2.04. The Bertz CT molecular complexity index is 941. The third kappa shape index (κ3) is 4.77. The number of nitrogens with zero attached hydrogens (tertiary/aromatic N) is 4. The number of carbonyl (C=O) groups excluding carboxylic acids is 1. The monoisotopic (exact) mass is 379 g/mol. The SMILES string of the molecule is Cc1cncc(COC(=O)Nc2ccc(-c3noc(C(F)(F)F)n3)cn2)c1. The van der Waals surface area contributed by atoms with Crippen molar-refractivity contribution in [2.75, 3.05) is 5.32 Å². The normalized spacial score (nSPS) is 11.3. The molecule has 3 aromatic heterocycles. The summed E-state index contributed by atoms with van der Waals surface area (Å²) >= 11 is 0. The summed E-state index contributed by atoms with van der Waals surface area (Å²) in [5.74, 6) is -1.57. The van der Waals surface area contributed by atoms with Gasteiger partial charge in [0.15, 0.2) is 0 Å². The van der Waals surface area contributed by atoms with Gasteiger partial charge < -0.3 is 9.26 Å². The summed E-state index contributed by atoms with van der Waals surface area (Å²) in [5, 5.41) is 5.65. The molecule has 0 aromatic carbocycles. The molecule has 3 rings (SSSR count). The number of aromatic nitrogens is 4. The average Bonchev–Trinajstić information content (AvgIpc) is 3.11. The molecule has 3 heterocycles. The van der Waals surface area contributed by atoms with Crippen molar-refractivity contribution in [2.24, 2.45) is 0 Å². The van der Waals surface area contributed by atoms with Crippen molar-refractivity contribution in [3.63, 3.8) is 0 Å². The first-order chi connectivity index (χ1) is 12.8. The molecule has 0 radical (unpaired) electrons. The maximum Gasteiger partial charge on any atom is 0.471 e. The van der Waals surface area contributed by atoms with Crippen LogP contribution in [-0.4, -0.2) is 26.2 Å². The second kappa shape index (κ2) is 7.40. The highest BCUT2D eigenvalue weighted by atomic mass is 19.4. The van der Waals surface area contributed by atoms with Gasteiger partial charge >= 0.3 is 18.2 Å². The van der Waals surface area contributed by atoms with Gasteiger partial charge in [0, 0.05) is 29.7 Å². The predicted octanol–water partition coefficient (Wildman–Crippen LogP) is 3.60. The summed E-state index contributed by atoms with van der Waals surface area (Å²) in [6.07, 6.45) is -1.01. The molecule has 0 saturated heterocycles. The molecule has 1 N–H and O–H groups in total. The molecule has 0 bridgehead atoms. The van der Waals surface area contributed by atoms with Gasteiger partial charge in [-0.1, -0.05) is 5.16 Å². The van der Waals surface area contributed by atoms with Crippen LogP contribution in [0.3, 0.4) is 0 Å². The van der Waals surface area contributed by atoms with Gasteiger partial charge in [-0.3, -0.25) is 10.3 Å². The molecule has 0 fully saturated rings. The lowest BCUT2D eigenvalue weighted by atomic mass is 10.2. The van der Waals surface area contributed by atoms with Crippen LogP contribution in [0.2, 0.25) is 0 Å². The molecular formula is C16H12F3N5O3. The Morgan fingerprint density at radius 3 is 2.70 bits per heavy atom. The van der Waals surface area contributed by atoms with Gasteiger partial charge in [-0.2, -0.15) is 18.2 Å². The second-order valence-electron chi connectivity index (χ2n) is 5.42. The van der Waals surface area contributed by atoms with Gasteiger partial charge in [0.2, 0.25) is 5.82 Å². The topological polar surface area (TPSA) is 103 Å². The van der Waals surface area contributed by atoms with Crippen LogP contribution in [0.5, 0.6) is 0 Å². The van der Waals surface area contributed by atoms with E-state index in [1.54, 1.807) is 12.4 Å². The van der Waals surface area contributed by atoms with Crippen molar-refractivity contribution in [2.45, 2.75) is 19.7 Å². The van der Waals surface area contributed by atoms with Gasteiger partial charge in [0.1, 0.15) is 12.4 Å². The van der Waals surface area contributed by atoms with Crippen LogP contribution in [0.4, 0.5) is 23.8 Å². The fraction of sp³-hybridized carbons (Fsp3) is 0.188. The maximum absolute atomic E-state index is 12.5. The Hall–Kier alpha value is -3.50. The van der Waals surface area contributed by atoms with Crippen LogP contribution < -0.4 is 5.32 Å². The van der Waals surface area contributed by atoms with Crippen molar-refractivity contribution < 1.29 is 27.2 Å². The Balaban J connectivity index is 1.58. The highest BCUT2D eigenvalue weighted by Crippen LogP contribution is 2.29. The van der Waals surface area contributed by atoms with E-state index < -0.39 is 18.2 Å². The molecule has 3 aromatic rings. The van der Waals surface area contributed by atoms with Gasteiger partial charge in [-0.15, -0.1) is 0 Å². The molecule has 0 aliphatic rings. The van der Waals surface area contributed by atoms with E-state index in [1.165, 1.54) is 18.3 Å². The molecule has 0 saturated carbocycles. The average molecular weight is 379 g/mol. The highest BCUT2D eigenvalue weighted by molar-refractivity contribution is 5.83. The Morgan fingerprint density at radius 1 is 1.26 bits per heavy atom. The van der Waals surface area contributed by atoms with Crippen LogP contribution in [0.15, 0.2) is 41.3 Å². The van der Waals surface area contributed by atoms with E-state index in [0.29, 0.717) is 0 Å². The molecule has 11 heteroatoms. The Morgan fingerprint density at radius 2 is 2.07 bits per heavy atom. The van der Waals surface area contributed by atoms with E-state index >= 15 is 0 Å². The number of hydrogen-bond donors (Lipinski definition) is 1. The number of carbonyl (C=O) groups is 1. The molecule has 0 atom stereocenters. The van der Waals surface area contributed by atoms with Gasteiger partial charge in [-0.25, -0.2) is 9.78 Å². The molecule has 0 unspecified atom stereocenters. The molecule has 27 heavy (non-hydrogen) atoms. The van der Waals surface area contributed by atoms with Gasteiger partial charge in [0.05, 0.1) is 0 Å². The first-order valence-corrected chi connectivity index (χ1v) is 7.53. The largest absolute Gasteiger partial charge is 0.471 e. The number of aryl methyl sites for hydroxylation is 1. The van der Waals surface area contributed by atoms with Crippen LogP contribution >= 0.6 is 0 Å². The van der Waals surface area contributed by atoms with E-state index in [2.05, 4.69) is 29.9 Å². The van der Waals surface area contributed by atoms with E-state index in [1.807, 2.05) is 13.0 Å². The molecule has 1 amide bonds. The molecule has 0 aliphatic heterocycles. The summed E-state index contributed by atoms with van der Waals surface area (Å²) in [5.41, 5.74) is 1.86. The minimum Gasteiger partial charge on any atom is -0.444 e. The molecule has 0 aliphatic carbocycles. The lowest BCUT2D eigenvalue weighted by Gasteiger charge is -2.07. The first kappa shape index (κ1) is 18.3. The molecule has 140 valence electrons. The zero-order chi connectivity index (χ0) is 19.4. The van der Waals surface area contributed by atoms with Crippen LogP contribution in [0.1, 0.15) is 17.0 Å². The summed E-state index contributed by atoms with van der Waals surface area (Å²) < 4.78 is 46.6. The number of hydrogen-bond acceptors (Lipinski definition) is 7. The number of nitrogens with one attached hydrogen (secondary N) is 1. The Labute approximate surface area is 150 Å². The number of anilines is 1. The number of ether oxygens (including phenoxy) is 1. The van der Waals surface area contributed by atoms with Crippen molar-refractivity contribution in [3.05, 3.63) is 53.8 Å². The number of rotatable bonds is 4. The second-order valence-corrected chi connectivity index (χ2v) is 5.42. The molecular weight excluding hydrogens is 367 g/mol. The minimum atomic E-state index is -4.73. The highest BCUT2D eigenvalue weighted by Gasteiger charge is 2.38. The third-order valence-corrected chi connectivity index (χ3v) is 3.22. The lowest BCUT2D eigenvalue weighted by Crippen LogP contribution is -2.14. The van der Waals surface area contributed by atoms with Crippen molar-refractivity contribution in [1.29, 1.82) is 0 Å². The van der Waals surface area contributed by atoms with Crippen LogP contribution in [-0.2, 0) is 17.5 Å². The minimum absolute atomic E-state index is 0.0294. The number of amides is 1. The summed E-state index contributed by atoms with van der Waals surface area (Å²) in [6, 6.07) is 4.58. The quantitative estimate of drug-likeness (QED) is 0.739. The lowest BCUT2D eigenvalue weighted by molar-refractivity contribution is -0.159. The standard InChI is InChI=1S/C16H12F3N5O3/c1-9-4-10(6-20-5-9)8-26-15(25)22-12-3-2-11(7-21-12)13-23-14(27-24-13)16(17,18)19/h2-7H,8H2,1H3,(H,21,22,25). The van der Waals surface area contributed by atoms with E-state index in [9.17, 15) is 18.0 Å². The maximum atomic E-state index is 12.5.